The minimum absolute atomic E-state index is 0.215. The Kier molecular flexibility index (Phi) is 3.64. The van der Waals surface area contributed by atoms with Gasteiger partial charge in [-0.25, -0.2) is 4.39 Å². The summed E-state index contributed by atoms with van der Waals surface area (Å²) in [5.74, 6) is -0.215. The van der Waals surface area contributed by atoms with Crippen LogP contribution in [0.1, 0.15) is 11.1 Å². The van der Waals surface area contributed by atoms with Gasteiger partial charge >= 0.3 is 0 Å². The number of hydrogen-bond acceptors (Lipinski definition) is 1. The predicted octanol–water partition coefficient (Wildman–Crippen LogP) is 4.40. The fourth-order valence-corrected chi connectivity index (χ4v) is 1.76. The maximum atomic E-state index is 12.7. The third-order valence-corrected chi connectivity index (χ3v) is 2.83. The maximum Gasteiger partial charge on any atom is 0.123 e. The lowest BCUT2D eigenvalue weighted by molar-refractivity contribution is 0.627. The molecule has 0 amide bonds. The first-order valence-electron chi connectivity index (χ1n) is 5.39. The Morgan fingerprint density at radius 2 is 1.82 bits per heavy atom. The summed E-state index contributed by atoms with van der Waals surface area (Å²) in [6.45, 7) is 2.67. The van der Waals surface area contributed by atoms with Crippen LogP contribution in [-0.4, -0.2) is 0 Å². The molecule has 88 valence electrons. The van der Waals surface area contributed by atoms with E-state index in [4.69, 9.17) is 11.6 Å². The van der Waals surface area contributed by atoms with Gasteiger partial charge in [-0.15, -0.1) is 0 Å². The molecule has 0 saturated heterocycles. The van der Waals surface area contributed by atoms with Gasteiger partial charge in [0.1, 0.15) is 5.82 Å². The molecule has 0 aromatic heterocycles. The third kappa shape index (κ3) is 3.21. The van der Waals surface area contributed by atoms with Crippen molar-refractivity contribution in [1.82, 2.24) is 0 Å². The van der Waals surface area contributed by atoms with Gasteiger partial charge in [0, 0.05) is 17.3 Å². The van der Waals surface area contributed by atoms with E-state index in [0.29, 0.717) is 11.6 Å². The zero-order chi connectivity index (χ0) is 12.3. The van der Waals surface area contributed by atoms with Crippen molar-refractivity contribution in [2.75, 3.05) is 5.32 Å². The van der Waals surface area contributed by atoms with Crippen molar-refractivity contribution in [1.29, 1.82) is 0 Å². The van der Waals surface area contributed by atoms with E-state index in [9.17, 15) is 4.39 Å². The maximum absolute atomic E-state index is 12.7. The summed E-state index contributed by atoms with van der Waals surface area (Å²) in [7, 11) is 0. The highest BCUT2D eigenvalue weighted by molar-refractivity contribution is 6.30. The van der Waals surface area contributed by atoms with E-state index in [-0.39, 0.29) is 5.82 Å². The number of rotatable bonds is 3. The lowest BCUT2D eigenvalue weighted by atomic mass is 10.2. The molecule has 2 rings (SSSR count). The smallest absolute Gasteiger partial charge is 0.123 e. The molecule has 0 heterocycles. The van der Waals surface area contributed by atoms with Crippen molar-refractivity contribution >= 4 is 17.3 Å². The highest BCUT2D eigenvalue weighted by atomic mass is 35.5. The van der Waals surface area contributed by atoms with Crippen molar-refractivity contribution in [3.05, 3.63) is 64.4 Å². The van der Waals surface area contributed by atoms with Gasteiger partial charge in [-0.05, 0) is 42.3 Å². The van der Waals surface area contributed by atoms with Gasteiger partial charge in [0.25, 0.3) is 0 Å². The summed E-state index contributed by atoms with van der Waals surface area (Å²) < 4.78 is 12.7. The average molecular weight is 250 g/mol. The summed E-state index contributed by atoms with van der Waals surface area (Å²) in [6, 6.07) is 12.2. The average Bonchev–Trinajstić information content (AvgIpc) is 2.32. The van der Waals surface area contributed by atoms with Crippen molar-refractivity contribution in [3.63, 3.8) is 0 Å². The van der Waals surface area contributed by atoms with Gasteiger partial charge in [-0.3, -0.25) is 0 Å². The van der Waals surface area contributed by atoms with Crippen molar-refractivity contribution in [2.45, 2.75) is 13.5 Å². The second-order valence-corrected chi connectivity index (χ2v) is 4.38. The first-order valence-corrected chi connectivity index (χ1v) is 5.77. The van der Waals surface area contributed by atoms with Gasteiger partial charge in [0.15, 0.2) is 0 Å². The van der Waals surface area contributed by atoms with Crippen LogP contribution in [0, 0.1) is 12.7 Å². The molecule has 3 heteroatoms. The summed E-state index contributed by atoms with van der Waals surface area (Å²) >= 11 is 5.93. The summed E-state index contributed by atoms with van der Waals surface area (Å²) in [5, 5.41) is 3.99. The van der Waals surface area contributed by atoms with Crippen molar-refractivity contribution < 1.29 is 4.39 Å². The molecule has 17 heavy (non-hydrogen) atoms. The van der Waals surface area contributed by atoms with E-state index in [0.717, 1.165) is 16.8 Å². The molecule has 0 aliphatic heterocycles. The molecular weight excluding hydrogens is 237 g/mol. The van der Waals surface area contributed by atoms with Crippen LogP contribution in [0.4, 0.5) is 10.1 Å². The van der Waals surface area contributed by atoms with Gasteiger partial charge in [0.2, 0.25) is 0 Å². The van der Waals surface area contributed by atoms with Crippen LogP contribution in [0.2, 0.25) is 5.02 Å². The minimum atomic E-state index is -0.215. The van der Waals surface area contributed by atoms with E-state index in [1.165, 1.54) is 12.1 Å². The minimum Gasteiger partial charge on any atom is -0.381 e. The molecule has 0 fully saturated rings. The van der Waals surface area contributed by atoms with Crippen LogP contribution in [-0.2, 0) is 6.54 Å². The molecule has 0 spiro atoms. The van der Waals surface area contributed by atoms with Gasteiger partial charge in [0.05, 0.1) is 0 Å². The summed E-state index contributed by atoms with van der Waals surface area (Å²) in [5.41, 5.74) is 3.17. The quantitative estimate of drug-likeness (QED) is 0.850. The molecule has 0 unspecified atom stereocenters. The fraction of sp³-hybridized carbons (Fsp3) is 0.143. The number of halogens is 2. The molecule has 0 aliphatic carbocycles. The molecule has 1 nitrogen and oxygen atoms in total. The van der Waals surface area contributed by atoms with Crippen LogP contribution in [0.5, 0.6) is 0 Å². The molecule has 2 aromatic rings. The normalized spacial score (nSPS) is 10.3. The standard InChI is InChI=1S/C14H13ClFN/c1-10-2-5-12(15)8-14(10)17-9-11-3-6-13(16)7-4-11/h2-8,17H,9H2,1H3. The number of nitrogens with one attached hydrogen (secondary N) is 1. The Balaban J connectivity index is 2.07. The fourth-order valence-electron chi connectivity index (χ4n) is 1.58. The van der Waals surface area contributed by atoms with Gasteiger partial charge < -0.3 is 5.32 Å². The van der Waals surface area contributed by atoms with Crippen LogP contribution >= 0.6 is 11.6 Å². The second kappa shape index (κ2) is 5.19. The second-order valence-electron chi connectivity index (χ2n) is 3.94. The predicted molar refractivity (Wildman–Crippen MR) is 69.9 cm³/mol. The topological polar surface area (TPSA) is 12.0 Å². The zero-order valence-corrected chi connectivity index (χ0v) is 10.3. The SMILES string of the molecule is Cc1ccc(Cl)cc1NCc1ccc(F)cc1. The van der Waals surface area contributed by atoms with Crippen LogP contribution in [0.15, 0.2) is 42.5 Å². The van der Waals surface area contributed by atoms with Crippen molar-refractivity contribution in [3.8, 4) is 0 Å². The lowest BCUT2D eigenvalue weighted by Crippen LogP contribution is -2.00. The highest BCUT2D eigenvalue weighted by Crippen LogP contribution is 2.20. The molecular formula is C14H13ClFN. The summed E-state index contributed by atoms with van der Waals surface area (Å²) in [4.78, 5) is 0. The van der Waals surface area contributed by atoms with Crippen LogP contribution < -0.4 is 5.32 Å². The molecule has 2 aromatic carbocycles. The Morgan fingerprint density at radius 3 is 2.53 bits per heavy atom. The molecule has 0 saturated carbocycles. The molecule has 0 bridgehead atoms. The Labute approximate surface area is 105 Å². The monoisotopic (exact) mass is 249 g/mol. The van der Waals surface area contributed by atoms with Crippen molar-refractivity contribution in [2.24, 2.45) is 0 Å². The largest absolute Gasteiger partial charge is 0.381 e. The van der Waals surface area contributed by atoms with Crippen LogP contribution in [0.25, 0.3) is 0 Å². The molecule has 0 radical (unpaired) electrons. The first kappa shape index (κ1) is 11.9. The molecule has 0 aliphatic rings. The first-order chi connectivity index (χ1) is 8.15. The third-order valence-electron chi connectivity index (χ3n) is 2.60. The number of benzene rings is 2. The molecule has 1 N–H and O–H groups in total. The van der Waals surface area contributed by atoms with E-state index in [2.05, 4.69) is 5.32 Å². The number of aryl methyl sites for hydroxylation is 1. The Hall–Kier alpha value is -1.54. The number of hydrogen-bond donors (Lipinski definition) is 1. The van der Waals surface area contributed by atoms with E-state index >= 15 is 0 Å². The zero-order valence-electron chi connectivity index (χ0n) is 9.50. The van der Waals surface area contributed by atoms with Gasteiger partial charge in [-0.2, -0.15) is 0 Å². The Morgan fingerprint density at radius 1 is 1.12 bits per heavy atom. The van der Waals surface area contributed by atoms with E-state index < -0.39 is 0 Å². The Bertz CT molecular complexity index is 508. The molecule has 0 atom stereocenters. The highest BCUT2D eigenvalue weighted by Gasteiger charge is 1.99. The van der Waals surface area contributed by atoms with E-state index in [1.807, 2.05) is 25.1 Å². The summed E-state index contributed by atoms with van der Waals surface area (Å²) in [6.07, 6.45) is 0. The van der Waals surface area contributed by atoms with E-state index in [1.54, 1.807) is 12.1 Å². The number of anilines is 1. The van der Waals surface area contributed by atoms with Crippen LogP contribution in [0.3, 0.4) is 0 Å². The lowest BCUT2D eigenvalue weighted by Gasteiger charge is -2.10. The van der Waals surface area contributed by atoms with Gasteiger partial charge in [-0.1, -0.05) is 29.8 Å².